The lowest BCUT2D eigenvalue weighted by Crippen LogP contribution is -2.71. The molecule has 1 unspecified atom stereocenters. The lowest BCUT2D eigenvalue weighted by atomic mass is 9.77. The molecule has 0 aliphatic carbocycles. The highest BCUT2D eigenvalue weighted by Crippen LogP contribution is 2.42. The predicted octanol–water partition coefficient (Wildman–Crippen LogP) is 5.81. The average Bonchev–Trinajstić information content (AvgIpc) is 3.87. The molecular weight excluding hydrogens is 705 g/mol. The first kappa shape index (κ1) is 33.9. The minimum atomic E-state index is -1.22. The number of β-lactam (4-membered cyclic amide) rings is 1. The van der Waals surface area contributed by atoms with E-state index < -0.39 is 34.7 Å². The molecule has 0 saturated carbocycles. The van der Waals surface area contributed by atoms with E-state index in [9.17, 15) is 19.5 Å². The second-order valence-corrected chi connectivity index (χ2v) is 14.3. The summed E-state index contributed by atoms with van der Waals surface area (Å²) in [6, 6.07) is 29.2. The second kappa shape index (κ2) is 14.7. The van der Waals surface area contributed by atoms with E-state index >= 15 is 0 Å². The Kier molecular flexibility index (Phi) is 9.79. The fourth-order valence-electron chi connectivity index (χ4n) is 6.15. The summed E-state index contributed by atoms with van der Waals surface area (Å²) in [5, 5.41) is 24.6. The van der Waals surface area contributed by atoms with Gasteiger partial charge >= 0.3 is 5.97 Å². The molecule has 2 aromatic heterocycles. The van der Waals surface area contributed by atoms with E-state index in [1.165, 1.54) is 46.4 Å². The number of oxime groups is 1. The van der Waals surface area contributed by atoms with E-state index in [0.717, 1.165) is 21.7 Å². The molecule has 2 aliphatic rings. The number of hydrogen-bond acceptors (Lipinski definition) is 11. The molecule has 14 heteroatoms. The van der Waals surface area contributed by atoms with Gasteiger partial charge < -0.3 is 20.6 Å². The van der Waals surface area contributed by atoms with Crippen molar-refractivity contribution in [2.75, 3.05) is 18.2 Å². The fourth-order valence-corrected chi connectivity index (χ4v) is 8.75. The molecule has 0 radical (unpaired) electrons. The van der Waals surface area contributed by atoms with Crippen molar-refractivity contribution >= 4 is 69.1 Å². The number of anilines is 1. The van der Waals surface area contributed by atoms with Crippen molar-refractivity contribution in [3.05, 3.63) is 153 Å². The number of aromatic nitrogens is 2. The smallest absolute Gasteiger partial charge is 0.352 e. The minimum absolute atomic E-state index is 0.109. The zero-order chi connectivity index (χ0) is 35.4. The molecule has 2 aliphatic heterocycles. The molecule has 2 atom stereocenters. The molecule has 51 heavy (non-hydrogen) atoms. The van der Waals surface area contributed by atoms with Gasteiger partial charge in [0.05, 0.1) is 0 Å². The van der Waals surface area contributed by atoms with Gasteiger partial charge in [0.15, 0.2) is 10.8 Å². The number of amides is 2. The van der Waals surface area contributed by atoms with Gasteiger partial charge in [0.25, 0.3) is 11.8 Å². The van der Waals surface area contributed by atoms with Crippen LogP contribution in [0.15, 0.2) is 130 Å². The number of allylic oxidation sites excluding steroid dienone is 1. The van der Waals surface area contributed by atoms with Gasteiger partial charge in [-0.15, -0.1) is 34.4 Å². The molecule has 3 aromatic carbocycles. The van der Waals surface area contributed by atoms with Gasteiger partial charge in [0, 0.05) is 22.7 Å². The van der Waals surface area contributed by atoms with Crippen molar-refractivity contribution in [2.24, 2.45) is 5.16 Å². The number of hydrogen-bond donors (Lipinski definition) is 3. The zero-order valence-electron chi connectivity index (χ0n) is 27.0. The molecule has 7 rings (SSSR count). The number of aliphatic carboxylic acids is 1. The summed E-state index contributed by atoms with van der Waals surface area (Å²) >= 11 is 4.08. The van der Waals surface area contributed by atoms with Crippen molar-refractivity contribution < 1.29 is 24.3 Å². The maximum Gasteiger partial charge on any atom is 0.352 e. The number of nitrogens with zero attached hydrogens (tertiary/aromatic N) is 4. The van der Waals surface area contributed by atoms with Gasteiger partial charge in [0.1, 0.15) is 40.5 Å². The van der Waals surface area contributed by atoms with Crippen LogP contribution < -0.4 is 10.6 Å². The summed E-state index contributed by atoms with van der Waals surface area (Å²) in [5.41, 5.74) is 2.60. The van der Waals surface area contributed by atoms with Crippen molar-refractivity contribution in [3.8, 4) is 0 Å². The van der Waals surface area contributed by atoms with E-state index in [1.54, 1.807) is 23.7 Å². The maximum absolute atomic E-state index is 13.7. The van der Waals surface area contributed by atoms with Crippen LogP contribution in [0.2, 0.25) is 0 Å². The molecule has 4 heterocycles. The lowest BCUT2D eigenvalue weighted by Gasteiger charge is -2.49. The first-order chi connectivity index (χ1) is 24.9. The van der Waals surface area contributed by atoms with Crippen molar-refractivity contribution in [1.82, 2.24) is 20.2 Å². The van der Waals surface area contributed by atoms with E-state index in [2.05, 4.69) is 57.2 Å². The quantitative estimate of drug-likeness (QED) is 0.0626. The molecule has 0 bridgehead atoms. The van der Waals surface area contributed by atoms with E-state index in [4.69, 9.17) is 9.82 Å². The van der Waals surface area contributed by atoms with Crippen LogP contribution in [0.1, 0.15) is 27.4 Å². The minimum Gasteiger partial charge on any atom is -0.477 e. The summed E-state index contributed by atoms with van der Waals surface area (Å²) in [7, 11) is 1.32. The number of carboxylic acid groups (broad SMARTS) is 1. The number of thiazole rings is 2. The highest BCUT2D eigenvalue weighted by molar-refractivity contribution is 8.00. The molecule has 2 amide bonds. The van der Waals surface area contributed by atoms with Crippen LogP contribution in [0.25, 0.3) is 6.08 Å². The molecule has 256 valence electrons. The normalized spacial score (nSPS) is 17.5. The van der Waals surface area contributed by atoms with Gasteiger partial charge in [-0.2, -0.15) is 0 Å². The van der Waals surface area contributed by atoms with Gasteiger partial charge in [-0.25, -0.2) is 14.8 Å². The lowest BCUT2D eigenvalue weighted by molar-refractivity contribution is -0.150. The predicted molar refractivity (Wildman–Crippen MR) is 199 cm³/mol. The average molecular weight is 735 g/mol. The number of nitrogens with one attached hydrogen (secondary N) is 2. The van der Waals surface area contributed by atoms with Gasteiger partial charge in [-0.3, -0.25) is 14.5 Å². The summed E-state index contributed by atoms with van der Waals surface area (Å²) in [4.78, 5) is 54.7. The van der Waals surface area contributed by atoms with Gasteiger partial charge in [-0.1, -0.05) is 102 Å². The number of fused-ring (bicyclic) bond motifs is 1. The number of rotatable bonds is 12. The monoisotopic (exact) mass is 734 g/mol. The van der Waals surface area contributed by atoms with Crippen LogP contribution in [0.3, 0.4) is 0 Å². The second-order valence-electron chi connectivity index (χ2n) is 11.4. The third-order valence-corrected chi connectivity index (χ3v) is 11.2. The molecule has 1 saturated heterocycles. The van der Waals surface area contributed by atoms with Crippen LogP contribution in [-0.2, 0) is 24.8 Å². The van der Waals surface area contributed by atoms with Gasteiger partial charge in [-0.05, 0) is 28.3 Å². The molecule has 0 spiro atoms. The third-order valence-electron chi connectivity index (χ3n) is 8.42. The van der Waals surface area contributed by atoms with E-state index in [1.807, 2.05) is 60.0 Å². The number of thioether (sulfide) groups is 1. The highest BCUT2D eigenvalue weighted by atomic mass is 32.2. The largest absolute Gasteiger partial charge is 0.477 e. The number of carboxylic acids is 1. The third kappa shape index (κ3) is 6.56. The Morgan fingerprint density at radius 1 is 0.961 bits per heavy atom. The maximum atomic E-state index is 13.7. The molecular formula is C37H30N6O5S3. The highest BCUT2D eigenvalue weighted by Gasteiger charge is 2.54. The molecule has 3 N–H and O–H groups in total. The molecule has 1 fully saturated rings. The SMILES string of the molecule is CON=C(C(=O)NC1C(=O)N2C(C(=O)O)=C(C=Cc3nccs3)CS[C@H]12)c1csc(NC(c2ccccc2)(c2ccccc2)c2ccccc2)n1. The first-order valence-corrected chi connectivity index (χ1v) is 18.5. The van der Waals surface area contributed by atoms with Crippen LogP contribution in [0.5, 0.6) is 0 Å². The summed E-state index contributed by atoms with van der Waals surface area (Å²) < 4.78 is 0. The fraction of sp³-hybridized carbons (Fsp3) is 0.135. The Morgan fingerprint density at radius 3 is 2.14 bits per heavy atom. The topological polar surface area (TPSA) is 146 Å². The Hall–Kier alpha value is -5.57. The van der Waals surface area contributed by atoms with Gasteiger partial charge in [0.2, 0.25) is 0 Å². The standard InChI is InChI=1S/C37H30N6O5S3/c1-48-42-29(32(44)40-30-33(45)43-31(35(46)47)23(21-50-34(30)43)17-18-28-38-19-20-49-28)27-22-51-36(39-27)41-37(24-11-5-2-6-12-24,25-13-7-3-8-14-25)26-15-9-4-10-16-26/h2-20,22,30,34H,21H2,1H3,(H,39,41)(H,40,44)(H,46,47)/t30?,34-/m1/s1. The first-order valence-electron chi connectivity index (χ1n) is 15.7. The van der Waals surface area contributed by atoms with E-state index in [0.29, 0.717) is 16.5 Å². The summed E-state index contributed by atoms with van der Waals surface area (Å²) in [6.07, 6.45) is 5.05. The van der Waals surface area contributed by atoms with E-state index in [-0.39, 0.29) is 17.1 Å². The number of carbonyl (C=O) groups is 3. The molecule has 11 nitrogen and oxygen atoms in total. The van der Waals surface area contributed by atoms with Crippen LogP contribution >= 0.6 is 34.4 Å². The van der Waals surface area contributed by atoms with Crippen molar-refractivity contribution in [3.63, 3.8) is 0 Å². The van der Waals surface area contributed by atoms with Crippen molar-refractivity contribution in [1.29, 1.82) is 0 Å². The zero-order valence-corrected chi connectivity index (χ0v) is 29.5. The number of carbonyl (C=O) groups excluding carboxylic acids is 2. The van der Waals surface area contributed by atoms with Crippen molar-refractivity contribution in [2.45, 2.75) is 17.0 Å². The van der Waals surface area contributed by atoms with Crippen LogP contribution in [0, 0.1) is 0 Å². The molecule has 5 aromatic rings. The Bertz CT molecular complexity index is 2040. The Balaban J connectivity index is 1.15. The van der Waals surface area contributed by atoms with Crippen LogP contribution in [-0.4, -0.2) is 67.7 Å². The Labute approximate surface area is 305 Å². The summed E-state index contributed by atoms with van der Waals surface area (Å²) in [5.74, 6) is -2.10. The summed E-state index contributed by atoms with van der Waals surface area (Å²) in [6.45, 7) is 0. The van der Waals surface area contributed by atoms with Crippen LogP contribution in [0.4, 0.5) is 5.13 Å². The Morgan fingerprint density at radius 2 is 1.59 bits per heavy atom. The number of benzene rings is 3.